The quantitative estimate of drug-likeness (QED) is 0.901. The van der Waals surface area contributed by atoms with Gasteiger partial charge in [-0.05, 0) is 25.0 Å². The van der Waals surface area contributed by atoms with E-state index in [2.05, 4.69) is 5.32 Å². The van der Waals surface area contributed by atoms with Crippen LogP contribution in [0.2, 0.25) is 15.1 Å². The number of halogens is 3. The summed E-state index contributed by atoms with van der Waals surface area (Å²) in [4.78, 5) is 0. The lowest BCUT2D eigenvalue weighted by atomic mass is 10.1. The largest absolute Gasteiger partial charge is 0.379 e. The lowest BCUT2D eigenvalue weighted by Crippen LogP contribution is -2.34. The Kier molecular flexibility index (Phi) is 4.32. The van der Waals surface area contributed by atoms with Crippen molar-refractivity contribution in [1.29, 1.82) is 0 Å². The standard InChI is InChI=1S/C11H12Cl3NO2S/c12-7-4-9(13)11(10(14)5-7)15-8-2-1-3-18(16,17)6-8/h4-5,8,15H,1-3,6H2. The third-order valence-electron chi connectivity index (χ3n) is 2.82. The highest BCUT2D eigenvalue weighted by molar-refractivity contribution is 7.91. The highest BCUT2D eigenvalue weighted by atomic mass is 35.5. The van der Waals surface area contributed by atoms with Crippen molar-refractivity contribution in [2.75, 3.05) is 16.8 Å². The second-order valence-corrected chi connectivity index (χ2v) is 7.82. The minimum absolute atomic E-state index is 0.113. The second-order valence-electron chi connectivity index (χ2n) is 4.34. The van der Waals surface area contributed by atoms with Crippen LogP contribution in [0.4, 0.5) is 5.69 Å². The monoisotopic (exact) mass is 327 g/mol. The van der Waals surface area contributed by atoms with Crippen LogP contribution in [0.15, 0.2) is 12.1 Å². The van der Waals surface area contributed by atoms with E-state index in [9.17, 15) is 8.42 Å². The summed E-state index contributed by atoms with van der Waals surface area (Å²) in [5.41, 5.74) is 0.546. The van der Waals surface area contributed by atoms with Gasteiger partial charge in [0.15, 0.2) is 9.84 Å². The van der Waals surface area contributed by atoms with E-state index >= 15 is 0 Å². The van der Waals surface area contributed by atoms with Crippen molar-refractivity contribution >= 4 is 50.3 Å². The van der Waals surface area contributed by atoms with Crippen LogP contribution in [0.25, 0.3) is 0 Å². The summed E-state index contributed by atoms with van der Waals surface area (Å²) in [7, 11) is -2.96. The van der Waals surface area contributed by atoms with E-state index < -0.39 is 9.84 Å². The van der Waals surface area contributed by atoms with E-state index in [0.717, 1.165) is 6.42 Å². The van der Waals surface area contributed by atoms with Crippen molar-refractivity contribution in [1.82, 2.24) is 0 Å². The van der Waals surface area contributed by atoms with Crippen LogP contribution in [-0.4, -0.2) is 26.0 Å². The summed E-state index contributed by atoms with van der Waals surface area (Å²) in [5, 5.41) is 4.35. The molecule has 7 heteroatoms. The molecule has 18 heavy (non-hydrogen) atoms. The molecule has 1 atom stereocenters. The van der Waals surface area contributed by atoms with E-state index in [-0.39, 0.29) is 17.5 Å². The first-order chi connectivity index (χ1) is 8.37. The molecule has 0 bridgehead atoms. The molecule has 1 saturated heterocycles. The maximum absolute atomic E-state index is 11.5. The fourth-order valence-corrected chi connectivity index (χ4v) is 4.58. The summed E-state index contributed by atoms with van der Waals surface area (Å²) < 4.78 is 23.1. The average Bonchev–Trinajstić information content (AvgIpc) is 2.22. The van der Waals surface area contributed by atoms with Gasteiger partial charge in [-0.3, -0.25) is 0 Å². The number of sulfone groups is 1. The topological polar surface area (TPSA) is 46.2 Å². The maximum Gasteiger partial charge on any atom is 0.152 e. The molecule has 2 rings (SSSR count). The van der Waals surface area contributed by atoms with Crippen LogP contribution in [0, 0.1) is 0 Å². The molecule has 0 amide bonds. The van der Waals surface area contributed by atoms with E-state index in [4.69, 9.17) is 34.8 Å². The first kappa shape index (κ1) is 14.3. The summed E-state index contributed by atoms with van der Waals surface area (Å²) in [6.07, 6.45) is 1.44. The molecule has 0 radical (unpaired) electrons. The van der Waals surface area contributed by atoms with Gasteiger partial charge in [-0.2, -0.15) is 0 Å². The highest BCUT2D eigenvalue weighted by Gasteiger charge is 2.25. The maximum atomic E-state index is 11.5. The Balaban J connectivity index is 2.19. The van der Waals surface area contributed by atoms with Crippen molar-refractivity contribution in [2.45, 2.75) is 18.9 Å². The molecule has 0 saturated carbocycles. The highest BCUT2D eigenvalue weighted by Crippen LogP contribution is 2.34. The smallest absolute Gasteiger partial charge is 0.152 e. The number of nitrogens with one attached hydrogen (secondary N) is 1. The molecule has 1 heterocycles. The van der Waals surface area contributed by atoms with E-state index in [1.54, 1.807) is 12.1 Å². The molecular formula is C11H12Cl3NO2S. The van der Waals surface area contributed by atoms with Gasteiger partial charge in [-0.25, -0.2) is 8.42 Å². The van der Waals surface area contributed by atoms with Crippen LogP contribution < -0.4 is 5.32 Å². The summed E-state index contributed by atoms with van der Waals surface area (Å²) in [5.74, 6) is 0.371. The first-order valence-electron chi connectivity index (χ1n) is 5.49. The average molecular weight is 329 g/mol. The van der Waals surface area contributed by atoms with Crippen molar-refractivity contribution < 1.29 is 8.42 Å². The zero-order valence-electron chi connectivity index (χ0n) is 9.42. The number of rotatable bonds is 2. The molecule has 1 aliphatic rings. The van der Waals surface area contributed by atoms with Gasteiger partial charge < -0.3 is 5.32 Å². The van der Waals surface area contributed by atoms with Crippen LogP contribution in [0.1, 0.15) is 12.8 Å². The van der Waals surface area contributed by atoms with Gasteiger partial charge in [0.25, 0.3) is 0 Å². The van der Waals surface area contributed by atoms with Crippen LogP contribution in [0.3, 0.4) is 0 Å². The third-order valence-corrected chi connectivity index (χ3v) is 5.45. The zero-order valence-corrected chi connectivity index (χ0v) is 12.5. The number of benzene rings is 1. The molecule has 1 unspecified atom stereocenters. The lowest BCUT2D eigenvalue weighted by molar-refractivity contribution is 0.562. The normalized spacial score (nSPS) is 22.7. The third kappa shape index (κ3) is 3.44. The minimum atomic E-state index is -2.96. The van der Waals surface area contributed by atoms with E-state index in [0.29, 0.717) is 27.2 Å². The summed E-state index contributed by atoms with van der Waals surface area (Å²) >= 11 is 17.9. The van der Waals surface area contributed by atoms with Crippen molar-refractivity contribution in [2.24, 2.45) is 0 Å². The molecule has 0 aromatic heterocycles. The molecule has 1 fully saturated rings. The summed E-state index contributed by atoms with van der Waals surface area (Å²) in [6.45, 7) is 0. The van der Waals surface area contributed by atoms with Gasteiger partial charge in [-0.15, -0.1) is 0 Å². The van der Waals surface area contributed by atoms with Gasteiger partial charge in [0.05, 0.1) is 27.2 Å². The van der Waals surface area contributed by atoms with Gasteiger partial charge in [0.2, 0.25) is 0 Å². The molecule has 0 aliphatic carbocycles. The fourth-order valence-electron chi connectivity index (χ4n) is 2.02. The summed E-state index contributed by atoms with van der Waals surface area (Å²) in [6, 6.07) is 3.00. The van der Waals surface area contributed by atoms with Crippen LogP contribution in [-0.2, 0) is 9.84 Å². The Labute approximate surface area is 121 Å². The molecule has 1 aromatic rings. The van der Waals surface area contributed by atoms with E-state index in [1.807, 2.05) is 0 Å². The Morgan fingerprint density at radius 1 is 1.17 bits per heavy atom. The zero-order chi connectivity index (χ0) is 13.3. The Morgan fingerprint density at radius 3 is 2.33 bits per heavy atom. The Bertz CT molecular complexity index is 536. The van der Waals surface area contributed by atoms with Crippen molar-refractivity contribution in [3.63, 3.8) is 0 Å². The molecule has 1 aliphatic heterocycles. The molecule has 0 spiro atoms. The Hall–Kier alpha value is -0.160. The Morgan fingerprint density at radius 2 is 1.78 bits per heavy atom. The van der Waals surface area contributed by atoms with E-state index in [1.165, 1.54) is 0 Å². The van der Waals surface area contributed by atoms with Gasteiger partial charge in [-0.1, -0.05) is 34.8 Å². The predicted octanol–water partition coefficient (Wildman–Crippen LogP) is 3.64. The molecule has 3 nitrogen and oxygen atoms in total. The van der Waals surface area contributed by atoms with Crippen molar-refractivity contribution in [3.8, 4) is 0 Å². The second kappa shape index (κ2) is 5.45. The predicted molar refractivity (Wildman–Crippen MR) is 76.8 cm³/mol. The fraction of sp³-hybridized carbons (Fsp3) is 0.455. The van der Waals surface area contributed by atoms with Gasteiger partial charge >= 0.3 is 0 Å². The number of hydrogen-bond donors (Lipinski definition) is 1. The molecular weight excluding hydrogens is 317 g/mol. The minimum Gasteiger partial charge on any atom is -0.379 e. The number of anilines is 1. The van der Waals surface area contributed by atoms with Crippen LogP contribution >= 0.6 is 34.8 Å². The molecule has 1 N–H and O–H groups in total. The van der Waals surface area contributed by atoms with Gasteiger partial charge in [0.1, 0.15) is 0 Å². The first-order valence-corrected chi connectivity index (χ1v) is 8.44. The lowest BCUT2D eigenvalue weighted by Gasteiger charge is -2.25. The van der Waals surface area contributed by atoms with Gasteiger partial charge in [0, 0.05) is 11.1 Å². The van der Waals surface area contributed by atoms with Crippen molar-refractivity contribution in [3.05, 3.63) is 27.2 Å². The molecule has 1 aromatic carbocycles. The number of hydrogen-bond acceptors (Lipinski definition) is 3. The molecule has 100 valence electrons. The SMILES string of the molecule is O=S1(=O)CCCC(Nc2c(Cl)cc(Cl)cc2Cl)C1. The van der Waals surface area contributed by atoms with Crippen LogP contribution in [0.5, 0.6) is 0 Å².